The molecule has 2 fully saturated rings. The van der Waals surface area contributed by atoms with E-state index in [1.54, 1.807) is 41.4 Å². The number of aromatic nitrogens is 2. The largest absolute Gasteiger partial charge is 0.376 e. The van der Waals surface area contributed by atoms with Gasteiger partial charge in [-0.2, -0.15) is 4.36 Å². The molecule has 4 rings (SSSR count). The average molecular weight is 447 g/mol. The monoisotopic (exact) mass is 446 g/mol. The maximum Gasteiger partial charge on any atom is 0.286 e. The van der Waals surface area contributed by atoms with E-state index in [-0.39, 0.29) is 22.7 Å². The van der Waals surface area contributed by atoms with Crippen molar-refractivity contribution < 1.29 is 18.5 Å². The number of carbonyl (C=O) groups is 2. The Hall–Kier alpha value is -2.26. The summed E-state index contributed by atoms with van der Waals surface area (Å²) >= 11 is 0. The highest BCUT2D eigenvalue weighted by molar-refractivity contribution is 7.93. The van der Waals surface area contributed by atoms with Gasteiger partial charge in [0.2, 0.25) is 5.91 Å². The molecule has 4 heterocycles. The van der Waals surface area contributed by atoms with E-state index in [0.717, 1.165) is 18.5 Å². The molecule has 0 bridgehead atoms. The number of amides is 2. The smallest absolute Gasteiger partial charge is 0.286 e. The Morgan fingerprint density at radius 1 is 1.23 bits per heavy atom. The molecular weight excluding hydrogens is 416 g/mol. The number of hydrogen-bond acceptors (Lipinski definition) is 5. The Morgan fingerprint density at radius 3 is 2.68 bits per heavy atom. The fourth-order valence-electron chi connectivity index (χ4n) is 4.55. The van der Waals surface area contributed by atoms with Crippen LogP contribution in [0, 0.1) is 5.92 Å². The zero-order valence-corrected chi connectivity index (χ0v) is 19.1. The molecule has 0 radical (unpaired) electrons. The van der Waals surface area contributed by atoms with E-state index in [1.165, 1.54) is 0 Å². The molecule has 31 heavy (non-hydrogen) atoms. The Labute approximate surface area is 183 Å². The van der Waals surface area contributed by atoms with Crippen LogP contribution in [0.25, 0.3) is 5.65 Å². The molecule has 8 nitrogen and oxygen atoms in total. The molecule has 0 saturated carbocycles. The molecule has 2 unspecified atom stereocenters. The van der Waals surface area contributed by atoms with Crippen LogP contribution in [-0.4, -0.2) is 67.1 Å². The van der Waals surface area contributed by atoms with E-state index in [2.05, 4.69) is 9.35 Å². The van der Waals surface area contributed by atoms with Crippen LogP contribution in [-0.2, 0) is 19.3 Å². The van der Waals surface area contributed by atoms with Gasteiger partial charge in [-0.3, -0.25) is 9.59 Å². The molecule has 168 valence electrons. The first-order valence-electron chi connectivity index (χ1n) is 10.8. The lowest BCUT2D eigenvalue weighted by Gasteiger charge is -2.39. The van der Waals surface area contributed by atoms with E-state index < -0.39 is 15.6 Å². The standard InChI is InChI=1S/C22H30N4O4S/c1-22(2)14-16(8-13-30-22)21(28)25-10-6-18(7-11-25)31(3,29)24-20(27)17-4-5-19-23-9-12-26(19)15-17/h4-5,9,12,15-16,18H,6-8,10-11,13-14H2,1-3H3. The fraction of sp³-hybridized carbons (Fsp3) is 0.591. The molecule has 0 aromatic carbocycles. The number of hydrogen-bond donors (Lipinski definition) is 0. The minimum Gasteiger partial charge on any atom is -0.376 e. The van der Waals surface area contributed by atoms with Gasteiger partial charge in [0.1, 0.15) is 5.65 Å². The van der Waals surface area contributed by atoms with Crippen molar-refractivity contribution in [1.29, 1.82) is 0 Å². The highest BCUT2D eigenvalue weighted by atomic mass is 32.2. The summed E-state index contributed by atoms with van der Waals surface area (Å²) in [7, 11) is -2.72. The maximum absolute atomic E-state index is 13.3. The first-order chi connectivity index (χ1) is 14.6. The molecule has 2 saturated heterocycles. The third kappa shape index (κ3) is 4.82. The number of pyridine rings is 1. The van der Waals surface area contributed by atoms with Crippen molar-refractivity contribution in [3.8, 4) is 0 Å². The third-order valence-corrected chi connectivity index (χ3v) is 8.56. The molecule has 0 spiro atoms. The normalized spacial score (nSPS) is 24.0. The Balaban J connectivity index is 1.40. The molecule has 2 atom stereocenters. The Morgan fingerprint density at radius 2 is 1.97 bits per heavy atom. The minimum atomic E-state index is -2.72. The van der Waals surface area contributed by atoms with Crippen LogP contribution in [0.3, 0.4) is 0 Å². The molecule has 2 aromatic heterocycles. The van der Waals surface area contributed by atoms with Gasteiger partial charge in [-0.05, 0) is 51.7 Å². The van der Waals surface area contributed by atoms with Crippen molar-refractivity contribution in [2.75, 3.05) is 26.0 Å². The number of piperidine rings is 1. The topological polar surface area (TPSA) is 93.3 Å². The van der Waals surface area contributed by atoms with Crippen LogP contribution >= 0.6 is 0 Å². The second-order valence-electron chi connectivity index (χ2n) is 9.19. The van der Waals surface area contributed by atoms with E-state index in [1.807, 2.05) is 18.7 Å². The molecule has 2 aliphatic rings. The van der Waals surface area contributed by atoms with E-state index >= 15 is 0 Å². The average Bonchev–Trinajstić information content (AvgIpc) is 3.20. The Bertz CT molecular complexity index is 1110. The number of fused-ring (bicyclic) bond motifs is 1. The zero-order valence-electron chi connectivity index (χ0n) is 18.3. The van der Waals surface area contributed by atoms with Gasteiger partial charge in [0.25, 0.3) is 5.91 Å². The van der Waals surface area contributed by atoms with Crippen molar-refractivity contribution in [2.24, 2.45) is 10.3 Å². The summed E-state index contributed by atoms with van der Waals surface area (Å²) in [4.78, 5) is 31.6. The molecule has 0 N–H and O–H groups in total. The summed E-state index contributed by atoms with van der Waals surface area (Å²) in [6.07, 6.45) is 9.26. The number of nitrogens with zero attached hydrogens (tertiary/aromatic N) is 4. The molecule has 2 aliphatic heterocycles. The van der Waals surface area contributed by atoms with Gasteiger partial charge in [-0.15, -0.1) is 0 Å². The van der Waals surface area contributed by atoms with Gasteiger partial charge < -0.3 is 14.0 Å². The SMILES string of the molecule is CC1(C)CC(C(=O)N2CCC(S(C)(=O)=NC(=O)c3ccc4nccn4c3)CC2)CCO1. The van der Waals surface area contributed by atoms with Crippen LogP contribution in [0.15, 0.2) is 35.1 Å². The third-order valence-electron chi connectivity index (χ3n) is 6.32. The van der Waals surface area contributed by atoms with E-state index in [4.69, 9.17) is 4.74 Å². The summed E-state index contributed by atoms with van der Waals surface area (Å²) in [5.74, 6) is -0.333. The van der Waals surface area contributed by atoms with Crippen molar-refractivity contribution in [3.63, 3.8) is 0 Å². The van der Waals surface area contributed by atoms with Crippen molar-refractivity contribution in [3.05, 3.63) is 36.3 Å². The lowest BCUT2D eigenvalue weighted by atomic mass is 9.87. The summed E-state index contributed by atoms with van der Waals surface area (Å²) in [6, 6.07) is 3.39. The summed E-state index contributed by atoms with van der Waals surface area (Å²) in [6.45, 7) is 5.75. The lowest BCUT2D eigenvalue weighted by Crippen LogP contribution is -2.47. The van der Waals surface area contributed by atoms with Crippen molar-refractivity contribution in [2.45, 2.75) is 50.4 Å². The van der Waals surface area contributed by atoms with Crippen LogP contribution in [0.4, 0.5) is 0 Å². The highest BCUT2D eigenvalue weighted by Gasteiger charge is 2.37. The number of rotatable bonds is 3. The van der Waals surface area contributed by atoms with E-state index in [0.29, 0.717) is 38.1 Å². The molecule has 2 amide bonds. The quantitative estimate of drug-likeness (QED) is 0.723. The van der Waals surface area contributed by atoms with Gasteiger partial charge in [0.15, 0.2) is 0 Å². The second-order valence-corrected chi connectivity index (χ2v) is 11.8. The molecule has 9 heteroatoms. The minimum absolute atomic E-state index is 0.0179. The zero-order chi connectivity index (χ0) is 22.2. The van der Waals surface area contributed by atoms with Gasteiger partial charge in [-0.25, -0.2) is 9.19 Å². The van der Waals surface area contributed by atoms with Crippen LogP contribution in [0.2, 0.25) is 0 Å². The lowest BCUT2D eigenvalue weighted by molar-refractivity contribution is -0.146. The van der Waals surface area contributed by atoms with Crippen molar-refractivity contribution >= 4 is 27.2 Å². The van der Waals surface area contributed by atoms with Gasteiger partial charge in [0.05, 0.1) is 20.9 Å². The predicted octanol–water partition coefficient (Wildman–Crippen LogP) is 2.77. The van der Waals surface area contributed by atoms with Crippen molar-refractivity contribution in [1.82, 2.24) is 14.3 Å². The molecular formula is C22H30N4O4S. The maximum atomic E-state index is 13.3. The first-order valence-corrected chi connectivity index (χ1v) is 12.7. The van der Waals surface area contributed by atoms with Gasteiger partial charge >= 0.3 is 0 Å². The molecule has 0 aliphatic carbocycles. The molecule has 2 aromatic rings. The fourth-order valence-corrected chi connectivity index (χ4v) is 6.22. The van der Waals surface area contributed by atoms with Gasteiger partial charge in [-0.1, -0.05) is 0 Å². The van der Waals surface area contributed by atoms with Crippen LogP contribution in [0.5, 0.6) is 0 Å². The van der Waals surface area contributed by atoms with Gasteiger partial charge in [0, 0.05) is 55.7 Å². The highest BCUT2D eigenvalue weighted by Crippen LogP contribution is 2.31. The Kier molecular flexibility index (Phi) is 5.91. The number of carbonyl (C=O) groups excluding carboxylic acids is 2. The summed E-state index contributed by atoms with van der Waals surface area (Å²) < 4.78 is 24.9. The summed E-state index contributed by atoms with van der Waals surface area (Å²) in [5, 5.41) is -0.205. The second kappa shape index (κ2) is 8.35. The van der Waals surface area contributed by atoms with Crippen LogP contribution < -0.4 is 0 Å². The number of likely N-dealkylation sites (tertiary alicyclic amines) is 1. The van der Waals surface area contributed by atoms with Crippen LogP contribution in [0.1, 0.15) is 49.9 Å². The predicted molar refractivity (Wildman–Crippen MR) is 118 cm³/mol. The first kappa shape index (κ1) is 22.0. The number of imidazole rings is 1. The summed E-state index contributed by atoms with van der Waals surface area (Å²) in [5.41, 5.74) is 0.849. The number of ether oxygens (including phenoxy) is 1. The van der Waals surface area contributed by atoms with E-state index in [9.17, 15) is 13.8 Å².